The summed E-state index contributed by atoms with van der Waals surface area (Å²) in [5, 5.41) is 11.1. The number of likely N-dealkylation sites (tertiary alicyclic amines) is 1. The van der Waals surface area contributed by atoms with Gasteiger partial charge in [-0.1, -0.05) is 18.2 Å². The SMILES string of the molecule is Cc1[nH]c2ccccc2c1CC(=O)N1CCC(C)(O)CC1. The number of aromatic nitrogens is 1. The summed E-state index contributed by atoms with van der Waals surface area (Å²) in [6.45, 7) is 5.16. The van der Waals surface area contributed by atoms with Gasteiger partial charge in [-0.3, -0.25) is 4.79 Å². The van der Waals surface area contributed by atoms with Crippen LogP contribution in [0.4, 0.5) is 0 Å². The van der Waals surface area contributed by atoms with Crippen molar-refractivity contribution in [1.82, 2.24) is 9.88 Å². The summed E-state index contributed by atoms with van der Waals surface area (Å²) in [6, 6.07) is 8.09. The number of carbonyl (C=O) groups is 1. The molecule has 1 amide bonds. The number of H-pyrrole nitrogens is 1. The Hall–Kier alpha value is -1.81. The molecule has 21 heavy (non-hydrogen) atoms. The van der Waals surface area contributed by atoms with E-state index in [-0.39, 0.29) is 5.91 Å². The zero-order valence-electron chi connectivity index (χ0n) is 12.6. The second-order valence-electron chi connectivity index (χ2n) is 6.33. The molecule has 0 radical (unpaired) electrons. The highest BCUT2D eigenvalue weighted by Crippen LogP contribution is 2.25. The number of benzene rings is 1. The summed E-state index contributed by atoms with van der Waals surface area (Å²) < 4.78 is 0. The lowest BCUT2D eigenvalue weighted by Crippen LogP contribution is -2.45. The Morgan fingerprint density at radius 1 is 1.33 bits per heavy atom. The van der Waals surface area contributed by atoms with Crippen molar-refractivity contribution in [2.24, 2.45) is 0 Å². The maximum atomic E-state index is 12.5. The molecular formula is C17H22N2O2. The second-order valence-corrected chi connectivity index (χ2v) is 6.33. The predicted octanol–water partition coefficient (Wildman–Crippen LogP) is 2.39. The average molecular weight is 286 g/mol. The van der Waals surface area contributed by atoms with Crippen molar-refractivity contribution >= 4 is 16.8 Å². The predicted molar refractivity (Wildman–Crippen MR) is 83.2 cm³/mol. The van der Waals surface area contributed by atoms with Crippen LogP contribution in [0.1, 0.15) is 31.0 Å². The Kier molecular flexibility index (Phi) is 3.49. The topological polar surface area (TPSA) is 56.3 Å². The van der Waals surface area contributed by atoms with Crippen LogP contribution in [-0.2, 0) is 11.2 Å². The fourth-order valence-electron chi connectivity index (χ4n) is 3.06. The van der Waals surface area contributed by atoms with Crippen LogP contribution in [0.3, 0.4) is 0 Å². The number of nitrogens with zero attached hydrogens (tertiary/aromatic N) is 1. The lowest BCUT2D eigenvalue weighted by atomic mass is 9.93. The smallest absolute Gasteiger partial charge is 0.227 e. The van der Waals surface area contributed by atoms with E-state index < -0.39 is 5.60 Å². The number of rotatable bonds is 2. The number of para-hydroxylation sites is 1. The third-order valence-electron chi connectivity index (χ3n) is 4.55. The number of amides is 1. The number of aromatic amines is 1. The van der Waals surface area contributed by atoms with Crippen molar-refractivity contribution in [2.45, 2.75) is 38.7 Å². The number of hydrogen-bond donors (Lipinski definition) is 2. The minimum atomic E-state index is -0.618. The van der Waals surface area contributed by atoms with E-state index in [1.165, 1.54) is 0 Å². The van der Waals surface area contributed by atoms with E-state index in [2.05, 4.69) is 11.1 Å². The van der Waals surface area contributed by atoms with Gasteiger partial charge in [-0.05, 0) is 38.3 Å². The molecule has 1 aromatic carbocycles. The number of piperidine rings is 1. The molecule has 112 valence electrons. The third-order valence-corrected chi connectivity index (χ3v) is 4.55. The van der Waals surface area contributed by atoms with Gasteiger partial charge in [-0.15, -0.1) is 0 Å². The summed E-state index contributed by atoms with van der Waals surface area (Å²) in [7, 11) is 0. The molecule has 0 atom stereocenters. The molecule has 0 unspecified atom stereocenters. The molecule has 2 N–H and O–H groups in total. The van der Waals surface area contributed by atoms with Crippen LogP contribution in [-0.4, -0.2) is 39.6 Å². The fourth-order valence-corrected chi connectivity index (χ4v) is 3.06. The van der Waals surface area contributed by atoms with Gasteiger partial charge in [0.15, 0.2) is 0 Å². The van der Waals surface area contributed by atoms with Crippen LogP contribution in [0.2, 0.25) is 0 Å². The van der Waals surface area contributed by atoms with E-state index in [4.69, 9.17) is 0 Å². The quantitative estimate of drug-likeness (QED) is 0.890. The molecule has 1 aliphatic heterocycles. The molecule has 2 heterocycles. The first kappa shape index (κ1) is 14.1. The number of aryl methyl sites for hydroxylation is 1. The molecule has 1 aliphatic rings. The summed E-state index contributed by atoms with van der Waals surface area (Å²) in [4.78, 5) is 17.7. The molecule has 1 saturated heterocycles. The summed E-state index contributed by atoms with van der Waals surface area (Å²) >= 11 is 0. The van der Waals surface area contributed by atoms with E-state index >= 15 is 0 Å². The molecule has 0 aliphatic carbocycles. The maximum Gasteiger partial charge on any atom is 0.227 e. The summed E-state index contributed by atoms with van der Waals surface area (Å²) in [6.07, 6.45) is 1.75. The van der Waals surface area contributed by atoms with Crippen LogP contribution in [0.25, 0.3) is 10.9 Å². The van der Waals surface area contributed by atoms with Gasteiger partial charge in [-0.2, -0.15) is 0 Å². The first-order chi connectivity index (χ1) is 9.96. The minimum Gasteiger partial charge on any atom is -0.390 e. The highest BCUT2D eigenvalue weighted by molar-refractivity contribution is 5.90. The van der Waals surface area contributed by atoms with Gasteiger partial charge in [0.25, 0.3) is 0 Å². The largest absolute Gasteiger partial charge is 0.390 e. The van der Waals surface area contributed by atoms with E-state index in [0.717, 1.165) is 22.2 Å². The van der Waals surface area contributed by atoms with Gasteiger partial charge >= 0.3 is 0 Å². The van der Waals surface area contributed by atoms with Crippen LogP contribution < -0.4 is 0 Å². The maximum absolute atomic E-state index is 12.5. The Morgan fingerprint density at radius 3 is 2.71 bits per heavy atom. The average Bonchev–Trinajstić information content (AvgIpc) is 2.75. The lowest BCUT2D eigenvalue weighted by Gasteiger charge is -2.35. The van der Waals surface area contributed by atoms with Crippen LogP contribution >= 0.6 is 0 Å². The van der Waals surface area contributed by atoms with Gasteiger partial charge in [0.1, 0.15) is 0 Å². The zero-order valence-corrected chi connectivity index (χ0v) is 12.6. The molecule has 1 fully saturated rings. The first-order valence-electron chi connectivity index (χ1n) is 7.53. The molecule has 4 nitrogen and oxygen atoms in total. The Balaban J connectivity index is 1.76. The minimum absolute atomic E-state index is 0.151. The highest BCUT2D eigenvalue weighted by atomic mass is 16.3. The normalized spacial score (nSPS) is 18.1. The molecule has 0 bridgehead atoms. The Morgan fingerprint density at radius 2 is 2.00 bits per heavy atom. The second kappa shape index (κ2) is 5.19. The van der Waals surface area contributed by atoms with Gasteiger partial charge in [0.05, 0.1) is 12.0 Å². The molecule has 4 heteroatoms. The summed E-state index contributed by atoms with van der Waals surface area (Å²) in [5.41, 5.74) is 2.62. The van der Waals surface area contributed by atoms with Crippen molar-refractivity contribution < 1.29 is 9.90 Å². The molecular weight excluding hydrogens is 264 g/mol. The van der Waals surface area contributed by atoms with Crippen molar-refractivity contribution in [3.63, 3.8) is 0 Å². The van der Waals surface area contributed by atoms with Crippen molar-refractivity contribution in [1.29, 1.82) is 0 Å². The number of aliphatic hydroxyl groups is 1. The van der Waals surface area contributed by atoms with E-state index in [1.54, 1.807) is 0 Å². The monoisotopic (exact) mass is 286 g/mol. The van der Waals surface area contributed by atoms with Crippen LogP contribution in [0, 0.1) is 6.92 Å². The Labute approximate surface area is 124 Å². The van der Waals surface area contributed by atoms with Gasteiger partial charge in [0.2, 0.25) is 5.91 Å². The summed E-state index contributed by atoms with van der Waals surface area (Å²) in [5.74, 6) is 0.151. The highest BCUT2D eigenvalue weighted by Gasteiger charge is 2.29. The Bertz CT molecular complexity index is 662. The van der Waals surface area contributed by atoms with Gasteiger partial charge in [0, 0.05) is 29.7 Å². The van der Waals surface area contributed by atoms with Gasteiger partial charge in [-0.25, -0.2) is 0 Å². The molecule has 1 aromatic heterocycles. The molecule has 2 aromatic rings. The van der Waals surface area contributed by atoms with Crippen molar-refractivity contribution in [2.75, 3.05) is 13.1 Å². The number of fused-ring (bicyclic) bond motifs is 1. The van der Waals surface area contributed by atoms with E-state index in [0.29, 0.717) is 32.4 Å². The standard InChI is InChI=1S/C17H22N2O2/c1-12-14(13-5-3-4-6-15(13)18-12)11-16(20)19-9-7-17(2,21)8-10-19/h3-6,18,21H,7-11H2,1-2H3. The fraction of sp³-hybridized carbons (Fsp3) is 0.471. The molecule has 0 saturated carbocycles. The molecule has 0 spiro atoms. The van der Waals surface area contributed by atoms with Crippen molar-refractivity contribution in [3.8, 4) is 0 Å². The zero-order chi connectivity index (χ0) is 15.0. The van der Waals surface area contributed by atoms with Crippen LogP contribution in [0.15, 0.2) is 24.3 Å². The molecule has 3 rings (SSSR count). The van der Waals surface area contributed by atoms with E-state index in [1.807, 2.05) is 36.9 Å². The van der Waals surface area contributed by atoms with Crippen molar-refractivity contribution in [3.05, 3.63) is 35.5 Å². The number of hydrogen-bond acceptors (Lipinski definition) is 2. The lowest BCUT2D eigenvalue weighted by molar-refractivity contribution is -0.134. The number of nitrogens with one attached hydrogen (secondary N) is 1. The number of carbonyl (C=O) groups excluding carboxylic acids is 1. The van der Waals surface area contributed by atoms with Gasteiger partial charge < -0.3 is 15.0 Å². The first-order valence-corrected chi connectivity index (χ1v) is 7.53. The third kappa shape index (κ3) is 2.81. The van der Waals surface area contributed by atoms with Crippen LogP contribution in [0.5, 0.6) is 0 Å². The van der Waals surface area contributed by atoms with E-state index in [9.17, 15) is 9.90 Å².